The van der Waals surface area contributed by atoms with E-state index in [2.05, 4.69) is 20.7 Å². The van der Waals surface area contributed by atoms with E-state index in [-0.39, 0.29) is 37.7 Å². The van der Waals surface area contributed by atoms with E-state index in [4.69, 9.17) is 0 Å². The van der Waals surface area contributed by atoms with Gasteiger partial charge in [0, 0.05) is 37.2 Å². The molecule has 1 aromatic carbocycles. The minimum absolute atomic E-state index is 0.0661. The Balaban J connectivity index is 1.88. The first-order valence-electron chi connectivity index (χ1n) is 9.51. The summed E-state index contributed by atoms with van der Waals surface area (Å²) in [4.78, 5) is 47.3. The minimum Gasteiger partial charge on any atom is -0.480 e. The summed E-state index contributed by atoms with van der Waals surface area (Å²) < 4.78 is 4.51. The molecule has 1 heterocycles. The Kier molecular flexibility index (Phi) is 7.58. The van der Waals surface area contributed by atoms with Gasteiger partial charge < -0.3 is 25.8 Å². The smallest absolute Gasteiger partial charge is 0.329 e. The number of fused-ring (bicyclic) bond motifs is 1. The lowest BCUT2D eigenvalue weighted by Gasteiger charge is -2.26. The summed E-state index contributed by atoms with van der Waals surface area (Å²) in [7, 11) is 1.29. The normalized spacial score (nSPS) is 14.1. The third-order valence-electron chi connectivity index (χ3n) is 4.90. The molecule has 4 N–H and O–H groups in total. The molecular formula is C20H27N3O6. The molecule has 9 heteroatoms. The second-order valence-electron chi connectivity index (χ2n) is 7.17. The van der Waals surface area contributed by atoms with Gasteiger partial charge in [0.1, 0.15) is 5.54 Å². The van der Waals surface area contributed by atoms with Crippen molar-refractivity contribution < 1.29 is 29.0 Å². The predicted molar refractivity (Wildman–Crippen MR) is 106 cm³/mol. The van der Waals surface area contributed by atoms with E-state index in [0.717, 1.165) is 24.2 Å². The van der Waals surface area contributed by atoms with Crippen molar-refractivity contribution in [2.45, 2.75) is 44.6 Å². The number of carboxylic acids is 1. The Morgan fingerprint density at radius 2 is 2.00 bits per heavy atom. The second kappa shape index (κ2) is 9.90. The van der Waals surface area contributed by atoms with Crippen molar-refractivity contribution in [3.63, 3.8) is 0 Å². The highest BCUT2D eigenvalue weighted by atomic mass is 16.5. The lowest BCUT2D eigenvalue weighted by atomic mass is 9.94. The monoisotopic (exact) mass is 405 g/mol. The van der Waals surface area contributed by atoms with Gasteiger partial charge in [-0.05, 0) is 49.9 Å². The van der Waals surface area contributed by atoms with Crippen molar-refractivity contribution in [1.82, 2.24) is 10.6 Å². The molecule has 0 unspecified atom stereocenters. The van der Waals surface area contributed by atoms with Gasteiger partial charge in [0.15, 0.2) is 0 Å². The molecule has 0 aromatic heterocycles. The van der Waals surface area contributed by atoms with Crippen LogP contribution in [0.4, 0.5) is 5.69 Å². The van der Waals surface area contributed by atoms with Gasteiger partial charge in [-0.2, -0.15) is 0 Å². The molecular weight excluding hydrogens is 378 g/mol. The third-order valence-corrected chi connectivity index (χ3v) is 4.90. The van der Waals surface area contributed by atoms with Gasteiger partial charge in [-0.3, -0.25) is 14.4 Å². The Morgan fingerprint density at radius 1 is 1.24 bits per heavy atom. The second-order valence-corrected chi connectivity index (χ2v) is 7.17. The summed E-state index contributed by atoms with van der Waals surface area (Å²) in [5.41, 5.74) is 0.789. The first kappa shape index (κ1) is 22.2. The summed E-state index contributed by atoms with van der Waals surface area (Å²) in [6.07, 6.45) is 1.29. The zero-order valence-corrected chi connectivity index (χ0v) is 16.7. The van der Waals surface area contributed by atoms with E-state index < -0.39 is 17.4 Å². The Hall–Kier alpha value is -3.10. The number of hydrogen-bond acceptors (Lipinski definition) is 6. The van der Waals surface area contributed by atoms with Gasteiger partial charge in [0.2, 0.25) is 5.91 Å². The Labute approximate surface area is 169 Å². The maximum atomic E-state index is 12.6. The van der Waals surface area contributed by atoms with Crippen LogP contribution in [0, 0.1) is 0 Å². The molecule has 0 spiro atoms. The molecule has 0 radical (unpaired) electrons. The number of carboxylic acid groups (broad SMARTS) is 1. The largest absolute Gasteiger partial charge is 0.480 e. The van der Waals surface area contributed by atoms with E-state index in [9.17, 15) is 24.3 Å². The van der Waals surface area contributed by atoms with E-state index in [1.165, 1.54) is 14.0 Å². The fourth-order valence-electron chi connectivity index (χ4n) is 3.01. The number of benzene rings is 1. The summed E-state index contributed by atoms with van der Waals surface area (Å²) >= 11 is 0. The zero-order chi connectivity index (χ0) is 21.4. The fraction of sp³-hybridized carbons (Fsp3) is 0.500. The number of rotatable bonds is 10. The van der Waals surface area contributed by atoms with E-state index in [1.807, 2.05) is 0 Å². The summed E-state index contributed by atoms with van der Waals surface area (Å²) in [5.74, 6) is -2.42. The zero-order valence-electron chi connectivity index (χ0n) is 16.7. The Bertz CT molecular complexity index is 794. The standard InChI is InChI=1S/C20H27N3O6/c1-20(19(27)28,9-7-16(24)22-10-3-4-17(25)29-2)23-18(26)14-5-6-15-13(12-14)8-11-21-15/h5-6,12,21H,3-4,7-11H2,1-2H3,(H,22,24)(H,23,26)(H,27,28)/t20-/m0/s1. The minimum atomic E-state index is -1.59. The van der Waals surface area contributed by atoms with Crippen LogP contribution in [0.3, 0.4) is 0 Å². The molecule has 1 aliphatic rings. The van der Waals surface area contributed by atoms with Crippen LogP contribution in [0.25, 0.3) is 0 Å². The van der Waals surface area contributed by atoms with Crippen LogP contribution in [-0.2, 0) is 25.5 Å². The van der Waals surface area contributed by atoms with Crippen LogP contribution in [0.2, 0.25) is 0 Å². The summed E-state index contributed by atoms with van der Waals surface area (Å²) in [6.45, 7) is 2.47. The van der Waals surface area contributed by atoms with Crippen molar-refractivity contribution in [2.75, 3.05) is 25.5 Å². The number of nitrogens with one attached hydrogen (secondary N) is 3. The van der Waals surface area contributed by atoms with Crippen LogP contribution < -0.4 is 16.0 Å². The van der Waals surface area contributed by atoms with E-state index in [0.29, 0.717) is 12.0 Å². The fourth-order valence-corrected chi connectivity index (χ4v) is 3.01. The van der Waals surface area contributed by atoms with Crippen molar-refractivity contribution in [2.24, 2.45) is 0 Å². The number of hydrogen-bond donors (Lipinski definition) is 4. The maximum absolute atomic E-state index is 12.6. The van der Waals surface area contributed by atoms with Crippen LogP contribution in [0.5, 0.6) is 0 Å². The molecule has 1 aromatic rings. The molecule has 29 heavy (non-hydrogen) atoms. The highest BCUT2D eigenvalue weighted by Crippen LogP contribution is 2.23. The molecule has 0 saturated carbocycles. The van der Waals surface area contributed by atoms with Crippen molar-refractivity contribution in [3.8, 4) is 0 Å². The lowest BCUT2D eigenvalue weighted by Crippen LogP contribution is -2.52. The molecule has 0 fully saturated rings. The highest BCUT2D eigenvalue weighted by molar-refractivity contribution is 5.98. The third kappa shape index (κ3) is 6.20. The molecule has 9 nitrogen and oxygen atoms in total. The van der Waals surface area contributed by atoms with Crippen molar-refractivity contribution >= 4 is 29.4 Å². The molecule has 0 bridgehead atoms. The first-order chi connectivity index (χ1) is 13.7. The number of methoxy groups -OCH3 is 1. The topological polar surface area (TPSA) is 134 Å². The quantitative estimate of drug-likeness (QED) is 0.338. The average molecular weight is 405 g/mol. The average Bonchev–Trinajstić information content (AvgIpc) is 3.17. The Morgan fingerprint density at radius 3 is 2.69 bits per heavy atom. The molecule has 158 valence electrons. The molecule has 0 aliphatic carbocycles. The van der Waals surface area contributed by atoms with Crippen LogP contribution in [0.1, 0.15) is 48.5 Å². The number of amides is 2. The predicted octanol–water partition coefficient (Wildman–Crippen LogP) is 1.08. The van der Waals surface area contributed by atoms with Crippen molar-refractivity contribution in [3.05, 3.63) is 29.3 Å². The molecule has 1 aliphatic heterocycles. The number of aliphatic carboxylic acids is 1. The molecule has 1 atom stereocenters. The molecule has 2 amide bonds. The summed E-state index contributed by atoms with van der Waals surface area (Å²) in [5, 5.41) is 18.0. The SMILES string of the molecule is COC(=O)CCCNC(=O)CC[C@](C)(NC(=O)c1ccc2c(c1)CCN2)C(=O)O. The maximum Gasteiger partial charge on any atom is 0.329 e. The first-order valence-corrected chi connectivity index (χ1v) is 9.51. The summed E-state index contributed by atoms with van der Waals surface area (Å²) in [6, 6.07) is 5.20. The molecule has 2 rings (SSSR count). The molecule has 0 saturated heterocycles. The number of carbonyl (C=O) groups is 4. The van der Waals surface area contributed by atoms with Gasteiger partial charge in [0.05, 0.1) is 7.11 Å². The van der Waals surface area contributed by atoms with E-state index >= 15 is 0 Å². The number of anilines is 1. The highest BCUT2D eigenvalue weighted by Gasteiger charge is 2.35. The van der Waals surface area contributed by atoms with Gasteiger partial charge in [-0.25, -0.2) is 4.79 Å². The van der Waals surface area contributed by atoms with Crippen molar-refractivity contribution in [1.29, 1.82) is 0 Å². The van der Waals surface area contributed by atoms with Crippen LogP contribution >= 0.6 is 0 Å². The van der Waals surface area contributed by atoms with Gasteiger partial charge >= 0.3 is 11.9 Å². The van der Waals surface area contributed by atoms with Gasteiger partial charge in [-0.15, -0.1) is 0 Å². The number of esters is 1. The van der Waals surface area contributed by atoms with Gasteiger partial charge in [0.25, 0.3) is 5.91 Å². The van der Waals surface area contributed by atoms with E-state index in [1.54, 1.807) is 18.2 Å². The number of carbonyl (C=O) groups excluding carboxylic acids is 3. The van der Waals surface area contributed by atoms with Crippen LogP contribution in [0.15, 0.2) is 18.2 Å². The number of ether oxygens (including phenoxy) is 1. The van der Waals surface area contributed by atoms with Crippen LogP contribution in [-0.4, -0.2) is 54.6 Å². The lowest BCUT2D eigenvalue weighted by molar-refractivity contribution is -0.144. The van der Waals surface area contributed by atoms with Gasteiger partial charge in [-0.1, -0.05) is 0 Å².